The van der Waals surface area contributed by atoms with Crippen molar-refractivity contribution in [3.63, 3.8) is 0 Å². The molecule has 0 aliphatic carbocycles. The van der Waals surface area contributed by atoms with E-state index in [2.05, 4.69) is 25.9 Å². The molecular weight excluding hydrogens is 382 g/mol. The van der Waals surface area contributed by atoms with Crippen molar-refractivity contribution in [2.24, 2.45) is 0 Å². The Balaban J connectivity index is 1.84. The third-order valence-corrected chi connectivity index (χ3v) is 4.44. The van der Waals surface area contributed by atoms with Crippen LogP contribution >= 0.6 is 27.5 Å². The van der Waals surface area contributed by atoms with Crippen LogP contribution in [0, 0.1) is 0 Å². The van der Waals surface area contributed by atoms with Crippen molar-refractivity contribution >= 4 is 50.3 Å². The molecule has 0 spiro atoms. The molecule has 1 aliphatic heterocycles. The van der Waals surface area contributed by atoms with Gasteiger partial charge in [0.15, 0.2) is 11.9 Å². The average molecular weight is 391 g/mol. The Morgan fingerprint density at radius 2 is 1.91 bits per heavy atom. The molecule has 1 unspecified atom stereocenters. The van der Waals surface area contributed by atoms with Gasteiger partial charge in [0.1, 0.15) is 11.0 Å². The van der Waals surface area contributed by atoms with Crippen molar-refractivity contribution in [3.8, 4) is 0 Å². The highest BCUT2D eigenvalue weighted by molar-refractivity contribution is 9.10. The third-order valence-electron chi connectivity index (χ3n) is 3.74. The molecule has 2 aromatic heterocycles. The van der Waals surface area contributed by atoms with Crippen molar-refractivity contribution in [3.05, 3.63) is 63.2 Å². The van der Waals surface area contributed by atoms with Crippen LogP contribution in [0.3, 0.4) is 0 Å². The maximum absolute atomic E-state index is 12.6. The van der Waals surface area contributed by atoms with Gasteiger partial charge in [0.2, 0.25) is 0 Å². The maximum Gasteiger partial charge on any atom is 0.262 e. The molecule has 0 saturated heterocycles. The number of fused-ring (bicyclic) bond motifs is 2. The lowest BCUT2D eigenvalue weighted by atomic mass is 10.1. The number of benzene rings is 1. The van der Waals surface area contributed by atoms with Gasteiger partial charge in [-0.15, -0.1) is 0 Å². The van der Waals surface area contributed by atoms with Crippen molar-refractivity contribution in [1.82, 2.24) is 9.97 Å². The minimum atomic E-state index is -1.07. The minimum Gasteiger partial charge on any atom is -0.369 e. The summed E-state index contributed by atoms with van der Waals surface area (Å²) in [5.41, 5.74) is 1.43. The summed E-state index contributed by atoms with van der Waals surface area (Å²) in [4.78, 5) is 22.4. The summed E-state index contributed by atoms with van der Waals surface area (Å²) in [6, 6.07) is 12.1. The Morgan fingerprint density at radius 3 is 2.74 bits per heavy atom. The fourth-order valence-electron chi connectivity index (χ4n) is 2.65. The van der Waals surface area contributed by atoms with E-state index < -0.39 is 6.23 Å². The Morgan fingerprint density at radius 1 is 1.13 bits per heavy atom. The van der Waals surface area contributed by atoms with E-state index in [9.17, 15) is 9.90 Å². The highest BCUT2D eigenvalue weighted by Crippen LogP contribution is 2.36. The van der Waals surface area contributed by atoms with E-state index in [0.29, 0.717) is 27.7 Å². The van der Waals surface area contributed by atoms with E-state index >= 15 is 0 Å². The second kappa shape index (κ2) is 5.26. The molecule has 4 rings (SSSR count). The van der Waals surface area contributed by atoms with Gasteiger partial charge in [-0.05, 0) is 36.4 Å². The second-order valence-corrected chi connectivity index (χ2v) is 6.43. The van der Waals surface area contributed by atoms with E-state index in [1.807, 2.05) is 0 Å². The molecule has 1 N–H and O–H groups in total. The van der Waals surface area contributed by atoms with Crippen LogP contribution in [0.1, 0.15) is 22.1 Å². The molecule has 5 nitrogen and oxygen atoms in total. The van der Waals surface area contributed by atoms with Crippen LogP contribution in [0.15, 0.2) is 46.9 Å². The molecule has 1 aromatic carbocycles. The van der Waals surface area contributed by atoms with Gasteiger partial charge in [-0.25, -0.2) is 9.97 Å². The summed E-state index contributed by atoms with van der Waals surface area (Å²) in [5.74, 6) is 0.0276. The number of amides is 1. The molecule has 1 atom stereocenters. The largest absolute Gasteiger partial charge is 0.369 e. The number of nitrogens with zero attached hydrogens (tertiary/aromatic N) is 3. The van der Waals surface area contributed by atoms with Crippen LogP contribution in [0.2, 0.25) is 5.15 Å². The Hall–Kier alpha value is -2.02. The lowest BCUT2D eigenvalue weighted by Crippen LogP contribution is -2.28. The highest BCUT2D eigenvalue weighted by atomic mass is 79.9. The molecule has 0 bridgehead atoms. The van der Waals surface area contributed by atoms with E-state index in [1.54, 1.807) is 42.5 Å². The molecule has 1 amide bonds. The number of anilines is 1. The van der Waals surface area contributed by atoms with Gasteiger partial charge in [0.05, 0.1) is 0 Å². The monoisotopic (exact) mass is 389 g/mol. The molecule has 3 aromatic rings. The molecule has 0 fully saturated rings. The molecule has 0 radical (unpaired) electrons. The van der Waals surface area contributed by atoms with Gasteiger partial charge in [-0.2, -0.15) is 0 Å². The first kappa shape index (κ1) is 14.6. The number of carbonyl (C=O) groups is 1. The fraction of sp³-hybridized carbons (Fsp3) is 0.0625. The van der Waals surface area contributed by atoms with Crippen LogP contribution in [-0.4, -0.2) is 21.0 Å². The predicted molar refractivity (Wildman–Crippen MR) is 90.5 cm³/mol. The zero-order chi connectivity index (χ0) is 16.1. The number of aromatic nitrogens is 2. The lowest BCUT2D eigenvalue weighted by molar-refractivity contribution is 0.0933. The first-order chi connectivity index (χ1) is 11.0. The van der Waals surface area contributed by atoms with Crippen LogP contribution in [0.4, 0.5) is 5.82 Å². The zero-order valence-electron chi connectivity index (χ0n) is 11.6. The second-order valence-electron chi connectivity index (χ2n) is 5.13. The summed E-state index contributed by atoms with van der Waals surface area (Å²) in [6.45, 7) is 0. The maximum atomic E-state index is 12.6. The van der Waals surface area contributed by atoms with Gasteiger partial charge in [-0.3, -0.25) is 9.69 Å². The molecule has 3 heterocycles. The van der Waals surface area contributed by atoms with E-state index in [1.165, 1.54) is 4.90 Å². The van der Waals surface area contributed by atoms with Gasteiger partial charge in [0.25, 0.3) is 5.91 Å². The van der Waals surface area contributed by atoms with Crippen molar-refractivity contribution in [2.75, 3.05) is 4.90 Å². The topological polar surface area (TPSA) is 66.3 Å². The number of halogens is 2. The van der Waals surface area contributed by atoms with E-state index in [-0.39, 0.29) is 5.91 Å². The van der Waals surface area contributed by atoms with Crippen molar-refractivity contribution in [1.29, 1.82) is 0 Å². The highest BCUT2D eigenvalue weighted by Gasteiger charge is 2.37. The van der Waals surface area contributed by atoms with Gasteiger partial charge < -0.3 is 5.11 Å². The van der Waals surface area contributed by atoms with E-state index in [0.717, 1.165) is 9.86 Å². The SMILES string of the molecule is O=C1c2cc(Br)ccc2C(O)N1c1ccc2ccc(Cl)nc2n1. The van der Waals surface area contributed by atoms with Crippen molar-refractivity contribution < 1.29 is 9.90 Å². The number of aliphatic hydroxyl groups is 1. The molecule has 0 saturated carbocycles. The van der Waals surface area contributed by atoms with Crippen molar-refractivity contribution in [2.45, 2.75) is 6.23 Å². The van der Waals surface area contributed by atoms with E-state index in [4.69, 9.17) is 11.6 Å². The predicted octanol–water partition coefficient (Wildman–Crippen LogP) is 3.70. The first-order valence-electron chi connectivity index (χ1n) is 6.79. The molecule has 114 valence electrons. The van der Waals surface area contributed by atoms with Crippen LogP contribution < -0.4 is 4.90 Å². The summed E-state index contributed by atoms with van der Waals surface area (Å²) in [6.07, 6.45) is -1.07. The van der Waals surface area contributed by atoms with Crippen LogP contribution in [-0.2, 0) is 0 Å². The Labute approximate surface area is 144 Å². The van der Waals surface area contributed by atoms with Crippen LogP contribution in [0.25, 0.3) is 11.0 Å². The summed E-state index contributed by atoms with van der Waals surface area (Å²) >= 11 is 9.23. The van der Waals surface area contributed by atoms with Gasteiger partial charge in [-0.1, -0.05) is 33.6 Å². The third kappa shape index (κ3) is 2.30. The minimum absolute atomic E-state index is 0.303. The first-order valence-corrected chi connectivity index (χ1v) is 7.96. The summed E-state index contributed by atoms with van der Waals surface area (Å²) in [7, 11) is 0. The number of hydrogen-bond donors (Lipinski definition) is 1. The number of aliphatic hydroxyl groups excluding tert-OH is 1. The Kier molecular flexibility index (Phi) is 3.33. The standard InChI is InChI=1S/C16H9BrClN3O2/c17-9-3-4-10-11(7-9)16(23)21(15(10)22)13-6-2-8-1-5-12(18)19-14(8)20-13/h1-7,15,22H. The average Bonchev–Trinajstić information content (AvgIpc) is 2.77. The summed E-state index contributed by atoms with van der Waals surface area (Å²) in [5, 5.41) is 11.6. The van der Waals surface area contributed by atoms with Gasteiger partial charge in [0, 0.05) is 21.0 Å². The molecule has 7 heteroatoms. The molecule has 23 heavy (non-hydrogen) atoms. The summed E-state index contributed by atoms with van der Waals surface area (Å²) < 4.78 is 0.776. The molecular formula is C16H9BrClN3O2. The van der Waals surface area contributed by atoms with Crippen LogP contribution in [0.5, 0.6) is 0 Å². The molecule has 1 aliphatic rings. The fourth-order valence-corrected chi connectivity index (χ4v) is 3.15. The number of pyridine rings is 2. The number of rotatable bonds is 1. The zero-order valence-corrected chi connectivity index (χ0v) is 13.9. The quantitative estimate of drug-likeness (QED) is 0.644. The van der Waals surface area contributed by atoms with Gasteiger partial charge >= 0.3 is 0 Å². The number of hydrogen-bond acceptors (Lipinski definition) is 4. The lowest BCUT2D eigenvalue weighted by Gasteiger charge is -2.19. The smallest absolute Gasteiger partial charge is 0.262 e. The Bertz CT molecular complexity index is 963. The normalized spacial score (nSPS) is 16.9. The number of carbonyl (C=O) groups excluding carboxylic acids is 1.